The quantitative estimate of drug-likeness (QED) is 0.756. The van der Waals surface area contributed by atoms with Crippen LogP contribution in [0.15, 0.2) is 24.5 Å². The van der Waals surface area contributed by atoms with Crippen molar-refractivity contribution in [3.8, 4) is 0 Å². The first-order chi connectivity index (χ1) is 7.25. The highest BCUT2D eigenvalue weighted by Crippen LogP contribution is 2.04. The molecule has 0 bridgehead atoms. The first kappa shape index (κ1) is 9.45. The highest BCUT2D eigenvalue weighted by Gasteiger charge is 1.99. The molecule has 0 radical (unpaired) electrons. The highest BCUT2D eigenvalue weighted by molar-refractivity contribution is 5.35. The molecule has 0 atom stereocenters. The summed E-state index contributed by atoms with van der Waals surface area (Å²) in [6, 6.07) is 3.58. The van der Waals surface area contributed by atoms with Crippen LogP contribution < -0.4 is 11.1 Å². The summed E-state index contributed by atoms with van der Waals surface area (Å²) in [5.41, 5.74) is 6.59. The molecule has 0 aromatic carbocycles. The second-order valence-corrected chi connectivity index (χ2v) is 3.10. The highest BCUT2D eigenvalue weighted by atomic mass is 15.3. The number of aromatic nitrogens is 4. The maximum atomic E-state index is 5.53. The van der Waals surface area contributed by atoms with Gasteiger partial charge in [0.2, 0.25) is 5.95 Å². The van der Waals surface area contributed by atoms with Crippen LogP contribution >= 0.6 is 0 Å². The Bertz CT molecular complexity index is 449. The zero-order valence-electron chi connectivity index (χ0n) is 8.38. The molecule has 0 amide bonds. The first-order valence-electron chi connectivity index (χ1n) is 4.55. The van der Waals surface area contributed by atoms with Gasteiger partial charge in [-0.15, -0.1) is 0 Å². The van der Waals surface area contributed by atoms with Crippen molar-refractivity contribution in [2.75, 3.05) is 11.1 Å². The minimum Gasteiger partial charge on any atom is -0.384 e. The maximum absolute atomic E-state index is 5.53. The van der Waals surface area contributed by atoms with Gasteiger partial charge in [0.15, 0.2) is 0 Å². The van der Waals surface area contributed by atoms with Gasteiger partial charge in [-0.25, -0.2) is 4.98 Å². The predicted molar refractivity (Wildman–Crippen MR) is 57.0 cm³/mol. The van der Waals surface area contributed by atoms with Crippen LogP contribution in [-0.2, 0) is 13.6 Å². The third-order valence-electron chi connectivity index (χ3n) is 2.03. The fraction of sp³-hybridized carbons (Fsp3) is 0.222. The lowest BCUT2D eigenvalue weighted by Crippen LogP contribution is -2.08. The van der Waals surface area contributed by atoms with Crippen molar-refractivity contribution < 1.29 is 0 Å². The van der Waals surface area contributed by atoms with Crippen LogP contribution in [0.1, 0.15) is 5.69 Å². The van der Waals surface area contributed by atoms with Crippen molar-refractivity contribution >= 4 is 11.8 Å². The number of hydrogen-bond acceptors (Lipinski definition) is 5. The van der Waals surface area contributed by atoms with Crippen molar-refractivity contribution in [1.29, 1.82) is 0 Å². The molecule has 6 heteroatoms. The Balaban J connectivity index is 2.02. The molecule has 0 aliphatic heterocycles. The molecule has 0 aliphatic rings. The number of anilines is 2. The van der Waals surface area contributed by atoms with Crippen LogP contribution in [0.25, 0.3) is 0 Å². The zero-order chi connectivity index (χ0) is 10.7. The monoisotopic (exact) mass is 204 g/mol. The molecule has 0 saturated carbocycles. The number of aryl methyl sites for hydroxylation is 1. The van der Waals surface area contributed by atoms with Crippen LogP contribution in [0.3, 0.4) is 0 Å². The summed E-state index contributed by atoms with van der Waals surface area (Å²) in [6.07, 6.45) is 3.37. The van der Waals surface area contributed by atoms with Gasteiger partial charge >= 0.3 is 0 Å². The van der Waals surface area contributed by atoms with Gasteiger partial charge in [-0.05, 0) is 12.1 Å². The number of nitrogens with one attached hydrogen (secondary N) is 1. The minimum absolute atomic E-state index is 0.456. The Morgan fingerprint density at radius 2 is 2.27 bits per heavy atom. The average molecular weight is 204 g/mol. The molecular weight excluding hydrogens is 192 g/mol. The molecule has 78 valence electrons. The van der Waals surface area contributed by atoms with E-state index in [9.17, 15) is 0 Å². The molecule has 2 aromatic rings. The Labute approximate surface area is 87.2 Å². The molecule has 0 saturated heterocycles. The van der Waals surface area contributed by atoms with E-state index in [2.05, 4.69) is 20.4 Å². The van der Waals surface area contributed by atoms with Crippen molar-refractivity contribution in [3.63, 3.8) is 0 Å². The van der Waals surface area contributed by atoms with Gasteiger partial charge in [0.1, 0.15) is 5.82 Å². The Morgan fingerprint density at radius 1 is 1.40 bits per heavy atom. The summed E-state index contributed by atoms with van der Waals surface area (Å²) < 4.78 is 1.79. The van der Waals surface area contributed by atoms with Crippen molar-refractivity contribution in [2.24, 2.45) is 7.05 Å². The number of nitrogen functional groups attached to an aromatic ring is 1. The van der Waals surface area contributed by atoms with Gasteiger partial charge in [0.25, 0.3) is 0 Å². The molecule has 6 nitrogen and oxygen atoms in total. The fourth-order valence-electron chi connectivity index (χ4n) is 1.20. The second kappa shape index (κ2) is 3.95. The van der Waals surface area contributed by atoms with E-state index in [-0.39, 0.29) is 0 Å². The van der Waals surface area contributed by atoms with Crippen LogP contribution in [0, 0.1) is 0 Å². The molecule has 2 rings (SSSR count). The van der Waals surface area contributed by atoms with Crippen LogP contribution in [-0.4, -0.2) is 19.7 Å². The largest absolute Gasteiger partial charge is 0.384 e. The third-order valence-corrected chi connectivity index (χ3v) is 2.03. The van der Waals surface area contributed by atoms with E-state index in [0.717, 1.165) is 5.69 Å². The molecule has 0 aliphatic carbocycles. The van der Waals surface area contributed by atoms with Gasteiger partial charge in [-0.1, -0.05) is 0 Å². The standard InChI is InChI=1S/C9H12N6/c1-15-7(2-5-13-15)6-12-9-11-4-3-8(10)14-9/h2-5H,6H2,1H3,(H3,10,11,12,14). The predicted octanol–water partition coefficient (Wildman–Crippen LogP) is 0.404. The maximum Gasteiger partial charge on any atom is 0.224 e. The SMILES string of the molecule is Cn1nccc1CNc1nccc(N)n1. The van der Waals surface area contributed by atoms with E-state index in [4.69, 9.17) is 5.73 Å². The van der Waals surface area contributed by atoms with Gasteiger partial charge in [-0.2, -0.15) is 10.1 Å². The summed E-state index contributed by atoms with van der Waals surface area (Å²) in [6.45, 7) is 0.625. The van der Waals surface area contributed by atoms with E-state index in [1.165, 1.54) is 0 Å². The van der Waals surface area contributed by atoms with Crippen LogP contribution in [0.2, 0.25) is 0 Å². The van der Waals surface area contributed by atoms with Gasteiger partial charge in [0, 0.05) is 19.4 Å². The second-order valence-electron chi connectivity index (χ2n) is 3.10. The van der Waals surface area contributed by atoms with Crippen molar-refractivity contribution in [1.82, 2.24) is 19.7 Å². The minimum atomic E-state index is 0.456. The van der Waals surface area contributed by atoms with E-state index in [0.29, 0.717) is 18.3 Å². The zero-order valence-corrected chi connectivity index (χ0v) is 8.38. The number of hydrogen-bond donors (Lipinski definition) is 2. The molecule has 2 heterocycles. The Morgan fingerprint density at radius 3 is 2.93 bits per heavy atom. The smallest absolute Gasteiger partial charge is 0.224 e. The van der Waals surface area contributed by atoms with Gasteiger partial charge < -0.3 is 11.1 Å². The fourth-order valence-corrected chi connectivity index (χ4v) is 1.20. The molecule has 2 aromatic heterocycles. The number of nitrogens with two attached hydrogens (primary N) is 1. The van der Waals surface area contributed by atoms with E-state index >= 15 is 0 Å². The van der Waals surface area contributed by atoms with E-state index in [1.807, 2.05) is 13.1 Å². The van der Waals surface area contributed by atoms with Crippen molar-refractivity contribution in [3.05, 3.63) is 30.2 Å². The molecule has 0 unspecified atom stereocenters. The summed E-state index contributed by atoms with van der Waals surface area (Å²) >= 11 is 0. The summed E-state index contributed by atoms with van der Waals surface area (Å²) in [5, 5.41) is 7.12. The topological polar surface area (TPSA) is 81.7 Å². The van der Waals surface area contributed by atoms with E-state index in [1.54, 1.807) is 23.1 Å². The summed E-state index contributed by atoms with van der Waals surface area (Å²) in [5.74, 6) is 0.980. The Kier molecular flexibility index (Phi) is 2.49. The molecule has 15 heavy (non-hydrogen) atoms. The molecule has 3 N–H and O–H groups in total. The molecule has 0 spiro atoms. The Hall–Kier alpha value is -2.11. The number of nitrogens with zero attached hydrogens (tertiary/aromatic N) is 4. The van der Waals surface area contributed by atoms with Gasteiger partial charge in [0.05, 0.1) is 12.2 Å². The third kappa shape index (κ3) is 2.22. The average Bonchev–Trinajstić information content (AvgIpc) is 2.61. The lowest BCUT2D eigenvalue weighted by Gasteiger charge is -2.04. The van der Waals surface area contributed by atoms with E-state index < -0.39 is 0 Å². The summed E-state index contributed by atoms with van der Waals surface area (Å²) in [7, 11) is 1.89. The number of rotatable bonds is 3. The van der Waals surface area contributed by atoms with Crippen molar-refractivity contribution in [2.45, 2.75) is 6.54 Å². The van der Waals surface area contributed by atoms with Crippen LogP contribution in [0.4, 0.5) is 11.8 Å². The summed E-state index contributed by atoms with van der Waals surface area (Å²) in [4.78, 5) is 8.06. The normalized spacial score (nSPS) is 10.2. The molecule has 0 fully saturated rings. The van der Waals surface area contributed by atoms with Gasteiger partial charge in [-0.3, -0.25) is 4.68 Å². The lowest BCUT2D eigenvalue weighted by atomic mass is 10.4. The first-order valence-corrected chi connectivity index (χ1v) is 4.55. The van der Waals surface area contributed by atoms with Crippen LogP contribution in [0.5, 0.6) is 0 Å². The molecular formula is C9H12N6. The lowest BCUT2D eigenvalue weighted by molar-refractivity contribution is 0.719.